The highest BCUT2D eigenvalue weighted by Gasteiger charge is 2.52. The Hall–Kier alpha value is -0.610. The van der Waals surface area contributed by atoms with Crippen molar-refractivity contribution >= 4 is 0 Å². The number of rotatable bonds is 0. The van der Waals surface area contributed by atoms with Crippen LogP contribution in [-0.2, 0) is 0 Å². The van der Waals surface area contributed by atoms with E-state index in [0.29, 0.717) is 0 Å². The first kappa shape index (κ1) is 19.0. The normalized spacial score (nSPS) is 10.4. The van der Waals surface area contributed by atoms with Gasteiger partial charge in [-0.15, -0.1) is 6.58 Å². The lowest BCUT2D eigenvalue weighted by atomic mass is 10.4. The summed E-state index contributed by atoms with van der Waals surface area (Å²) in [5.41, 5.74) is 0. The van der Waals surface area contributed by atoms with Gasteiger partial charge in [0, 0.05) is 6.92 Å². The molecule has 0 amide bonds. The molecule has 0 fully saturated rings. The van der Waals surface area contributed by atoms with Crippen LogP contribution in [0.1, 0.15) is 34.1 Å². The second kappa shape index (κ2) is 8.97. The molecule has 0 aromatic heterocycles. The van der Waals surface area contributed by atoms with Crippen LogP contribution >= 0.6 is 0 Å². The second-order valence-corrected chi connectivity index (χ2v) is 2.50. The first-order valence-electron chi connectivity index (χ1n) is 4.09. The molecule has 0 N–H and O–H groups in total. The first-order chi connectivity index (χ1) is 6.08. The molecule has 0 bridgehead atoms. The third-order valence-corrected chi connectivity index (χ3v) is 0.498. The summed E-state index contributed by atoms with van der Waals surface area (Å²) in [6.07, 6.45) is -2.40. The van der Waals surface area contributed by atoms with Gasteiger partial charge in [-0.3, -0.25) is 0 Å². The van der Waals surface area contributed by atoms with Crippen molar-refractivity contribution in [3.63, 3.8) is 0 Å². The number of allylic oxidation sites excluding steroid dienone is 1. The van der Waals surface area contributed by atoms with Gasteiger partial charge in [-0.2, -0.15) is 22.0 Å². The van der Waals surface area contributed by atoms with Crippen molar-refractivity contribution in [1.29, 1.82) is 0 Å². The predicted octanol–water partition coefficient (Wildman–Crippen LogP) is 4.81. The zero-order valence-electron chi connectivity index (χ0n) is 8.88. The highest BCUT2D eigenvalue weighted by molar-refractivity contribution is 4.67. The molecule has 0 aliphatic heterocycles. The molecule has 0 aliphatic carbocycles. The molecule has 0 aromatic carbocycles. The minimum absolute atomic E-state index is 0.188. The minimum atomic E-state index is -5.40. The van der Waals surface area contributed by atoms with E-state index in [-0.39, 0.29) is 6.92 Å². The molecule has 0 aliphatic rings. The SMILES string of the molecule is C=CC.CC(F)(F)C(F)(F)F.CCC. The fourth-order valence-electron chi connectivity index (χ4n) is 0. The molecule has 0 spiro atoms. The fraction of sp³-hybridized carbons (Fsp3) is 0.778. The van der Waals surface area contributed by atoms with Gasteiger partial charge in [0.05, 0.1) is 0 Å². The summed E-state index contributed by atoms with van der Waals surface area (Å²) in [7, 11) is 0. The lowest BCUT2D eigenvalue weighted by Gasteiger charge is -2.12. The van der Waals surface area contributed by atoms with Crippen molar-refractivity contribution in [2.45, 2.75) is 46.2 Å². The van der Waals surface area contributed by atoms with E-state index in [1.807, 2.05) is 6.92 Å². The van der Waals surface area contributed by atoms with Crippen molar-refractivity contribution in [3.8, 4) is 0 Å². The maximum atomic E-state index is 11.1. The van der Waals surface area contributed by atoms with Gasteiger partial charge in [0.2, 0.25) is 0 Å². The predicted molar refractivity (Wildman–Crippen MR) is 48.5 cm³/mol. The third kappa shape index (κ3) is 17.5. The topological polar surface area (TPSA) is 0 Å². The lowest BCUT2D eigenvalue weighted by molar-refractivity contribution is -0.273. The Morgan fingerprint density at radius 2 is 1.14 bits per heavy atom. The summed E-state index contributed by atoms with van der Waals surface area (Å²) >= 11 is 0. The van der Waals surface area contributed by atoms with E-state index in [0.717, 1.165) is 0 Å². The zero-order valence-corrected chi connectivity index (χ0v) is 8.88. The van der Waals surface area contributed by atoms with Crippen molar-refractivity contribution in [2.24, 2.45) is 0 Å². The molecule has 0 unspecified atom stereocenters. The molecule has 0 saturated heterocycles. The average molecular weight is 220 g/mol. The first-order valence-corrected chi connectivity index (χ1v) is 4.09. The summed E-state index contributed by atoms with van der Waals surface area (Å²) in [5, 5.41) is 0. The van der Waals surface area contributed by atoms with Crippen LogP contribution in [0.3, 0.4) is 0 Å². The Morgan fingerprint density at radius 1 is 1.07 bits per heavy atom. The van der Waals surface area contributed by atoms with Gasteiger partial charge < -0.3 is 0 Å². The van der Waals surface area contributed by atoms with E-state index < -0.39 is 12.1 Å². The number of hydrogen-bond donors (Lipinski definition) is 0. The van der Waals surface area contributed by atoms with Gasteiger partial charge in [-0.05, 0) is 6.92 Å². The van der Waals surface area contributed by atoms with Crippen molar-refractivity contribution in [3.05, 3.63) is 12.7 Å². The van der Waals surface area contributed by atoms with Crippen LogP contribution in [0.15, 0.2) is 12.7 Å². The van der Waals surface area contributed by atoms with Gasteiger partial charge in [0.25, 0.3) is 0 Å². The summed E-state index contributed by atoms with van der Waals surface area (Å²) in [4.78, 5) is 0. The van der Waals surface area contributed by atoms with Crippen molar-refractivity contribution < 1.29 is 22.0 Å². The van der Waals surface area contributed by atoms with E-state index in [1.54, 1.807) is 6.08 Å². The van der Waals surface area contributed by atoms with E-state index >= 15 is 0 Å². The standard InChI is InChI=1S/C3H3F5.C3H8.C3H6/c1-2(4,5)3(6,7)8;2*1-3-2/h1H3;3H2,1-2H3;3H,1H2,2H3. The Morgan fingerprint density at radius 3 is 1.14 bits per heavy atom. The van der Waals surface area contributed by atoms with Crippen molar-refractivity contribution in [2.75, 3.05) is 0 Å². The van der Waals surface area contributed by atoms with E-state index in [4.69, 9.17) is 0 Å². The van der Waals surface area contributed by atoms with Gasteiger partial charge in [0.15, 0.2) is 0 Å². The van der Waals surface area contributed by atoms with E-state index in [2.05, 4.69) is 20.4 Å². The maximum absolute atomic E-state index is 11.1. The van der Waals surface area contributed by atoms with Crippen LogP contribution in [0.2, 0.25) is 0 Å². The molecule has 0 radical (unpaired) electrons. The van der Waals surface area contributed by atoms with Crippen LogP contribution in [0, 0.1) is 0 Å². The molecule has 88 valence electrons. The summed E-state index contributed by atoms with van der Waals surface area (Å²) in [6.45, 7) is 9.31. The van der Waals surface area contributed by atoms with Crippen molar-refractivity contribution in [1.82, 2.24) is 0 Å². The zero-order chi connectivity index (χ0) is 12.4. The molecular weight excluding hydrogens is 203 g/mol. The van der Waals surface area contributed by atoms with Crippen LogP contribution in [0.4, 0.5) is 22.0 Å². The lowest BCUT2D eigenvalue weighted by Crippen LogP contribution is -2.32. The van der Waals surface area contributed by atoms with Crippen LogP contribution in [0.5, 0.6) is 0 Å². The molecule has 5 heteroatoms. The summed E-state index contributed by atoms with van der Waals surface area (Å²) < 4.78 is 54.6. The molecule has 0 atom stereocenters. The van der Waals surface area contributed by atoms with Gasteiger partial charge >= 0.3 is 12.1 Å². The Balaban J connectivity index is -0.000000168. The summed E-state index contributed by atoms with van der Waals surface area (Å²) in [6, 6.07) is 0. The highest BCUT2D eigenvalue weighted by Crippen LogP contribution is 2.34. The number of hydrogen-bond acceptors (Lipinski definition) is 0. The van der Waals surface area contributed by atoms with Gasteiger partial charge in [-0.25, -0.2) is 0 Å². The smallest absolute Gasteiger partial charge is 0.197 e. The van der Waals surface area contributed by atoms with Crippen LogP contribution in [0.25, 0.3) is 0 Å². The van der Waals surface area contributed by atoms with Crippen LogP contribution < -0.4 is 0 Å². The molecule has 0 heterocycles. The Bertz CT molecular complexity index is 108. The monoisotopic (exact) mass is 220 g/mol. The minimum Gasteiger partial charge on any atom is -0.197 e. The Labute approximate surface area is 81.8 Å². The Kier molecular flexibility index (Phi) is 12.2. The quantitative estimate of drug-likeness (QED) is 0.406. The van der Waals surface area contributed by atoms with E-state index in [9.17, 15) is 22.0 Å². The largest absolute Gasteiger partial charge is 0.452 e. The average Bonchev–Trinajstić information content (AvgIpc) is 1.85. The number of halogens is 5. The van der Waals surface area contributed by atoms with Gasteiger partial charge in [-0.1, -0.05) is 26.3 Å². The molecule has 14 heavy (non-hydrogen) atoms. The van der Waals surface area contributed by atoms with E-state index in [1.165, 1.54) is 6.42 Å². The maximum Gasteiger partial charge on any atom is 0.452 e. The number of alkyl halides is 5. The molecule has 0 rings (SSSR count). The van der Waals surface area contributed by atoms with Gasteiger partial charge in [0.1, 0.15) is 0 Å². The third-order valence-electron chi connectivity index (χ3n) is 0.498. The summed E-state index contributed by atoms with van der Waals surface area (Å²) in [5.74, 6) is -4.56. The molecule has 0 nitrogen and oxygen atoms in total. The molecule has 0 saturated carbocycles. The molecule has 0 aromatic rings. The van der Waals surface area contributed by atoms with Crippen LogP contribution in [-0.4, -0.2) is 12.1 Å². The molecular formula is C9H17F5. The second-order valence-electron chi connectivity index (χ2n) is 2.50. The fourth-order valence-corrected chi connectivity index (χ4v) is 0. The highest BCUT2D eigenvalue weighted by atomic mass is 19.4.